The van der Waals surface area contributed by atoms with E-state index in [1.54, 1.807) is 14.2 Å². The summed E-state index contributed by atoms with van der Waals surface area (Å²) >= 11 is 0. The third kappa shape index (κ3) is 2.89. The minimum absolute atomic E-state index is 0.182. The molecule has 0 amide bonds. The molecule has 7 heteroatoms. The lowest BCUT2D eigenvalue weighted by atomic mass is 10.0. The molecule has 3 heterocycles. The number of nitrogens with zero attached hydrogens (tertiary/aromatic N) is 5. The summed E-state index contributed by atoms with van der Waals surface area (Å²) in [7, 11) is 5.31. The number of anilines is 1. The van der Waals surface area contributed by atoms with Crippen LogP contribution in [0, 0.1) is 0 Å². The fraction of sp³-hybridized carbons (Fsp3) is 0.533. The fourth-order valence-corrected chi connectivity index (χ4v) is 3.04. The molecule has 0 unspecified atom stereocenters. The van der Waals surface area contributed by atoms with Crippen LogP contribution < -0.4 is 9.64 Å². The quantitative estimate of drug-likeness (QED) is 0.823. The van der Waals surface area contributed by atoms with Crippen LogP contribution in [0.15, 0.2) is 24.8 Å². The van der Waals surface area contributed by atoms with Gasteiger partial charge in [-0.2, -0.15) is 5.10 Å². The highest BCUT2D eigenvalue weighted by Crippen LogP contribution is 2.29. The van der Waals surface area contributed by atoms with Crippen molar-refractivity contribution in [3.63, 3.8) is 0 Å². The van der Waals surface area contributed by atoms with Crippen LogP contribution in [-0.4, -0.2) is 52.7 Å². The number of hydrogen-bond acceptors (Lipinski definition) is 6. The number of rotatable bonds is 5. The van der Waals surface area contributed by atoms with Crippen LogP contribution in [0.25, 0.3) is 0 Å². The van der Waals surface area contributed by atoms with E-state index >= 15 is 0 Å². The van der Waals surface area contributed by atoms with Crippen LogP contribution in [0.4, 0.5) is 5.82 Å². The number of ether oxygens (including phenoxy) is 2. The lowest BCUT2D eigenvalue weighted by Crippen LogP contribution is -2.38. The molecular weight excluding hydrogens is 282 g/mol. The maximum absolute atomic E-state index is 5.67. The van der Waals surface area contributed by atoms with Crippen molar-refractivity contribution in [3.05, 3.63) is 30.4 Å². The zero-order valence-corrected chi connectivity index (χ0v) is 13.1. The van der Waals surface area contributed by atoms with E-state index in [0.29, 0.717) is 5.88 Å². The number of aryl methyl sites for hydroxylation is 1. The lowest BCUT2D eigenvalue weighted by molar-refractivity contribution is 0.0953. The summed E-state index contributed by atoms with van der Waals surface area (Å²) in [4.78, 5) is 10.7. The highest BCUT2D eigenvalue weighted by atomic mass is 16.5. The van der Waals surface area contributed by atoms with Crippen molar-refractivity contribution in [1.82, 2.24) is 19.7 Å². The van der Waals surface area contributed by atoms with Crippen molar-refractivity contribution in [2.45, 2.75) is 25.0 Å². The summed E-state index contributed by atoms with van der Waals surface area (Å²) in [6.45, 7) is 0.906. The summed E-state index contributed by atoms with van der Waals surface area (Å²) in [6.07, 6.45) is 7.52. The first-order valence-electron chi connectivity index (χ1n) is 7.34. The normalized spacial score (nSPS) is 21.3. The Labute approximate surface area is 129 Å². The summed E-state index contributed by atoms with van der Waals surface area (Å²) in [5, 5.41) is 4.25. The lowest BCUT2D eigenvalue weighted by Gasteiger charge is -2.28. The topological polar surface area (TPSA) is 65.3 Å². The van der Waals surface area contributed by atoms with E-state index in [4.69, 9.17) is 9.47 Å². The number of hydrogen-bond donors (Lipinski definition) is 0. The second-order valence-corrected chi connectivity index (χ2v) is 5.47. The third-order valence-corrected chi connectivity index (χ3v) is 4.12. The molecule has 2 aromatic heterocycles. The first kappa shape index (κ1) is 14.8. The molecule has 1 aliphatic heterocycles. The van der Waals surface area contributed by atoms with Crippen LogP contribution in [0.1, 0.15) is 12.0 Å². The van der Waals surface area contributed by atoms with E-state index in [9.17, 15) is 0 Å². The Bertz CT molecular complexity index is 630. The molecule has 0 radical (unpaired) electrons. The van der Waals surface area contributed by atoms with E-state index in [2.05, 4.69) is 20.0 Å². The van der Waals surface area contributed by atoms with Gasteiger partial charge in [-0.1, -0.05) is 0 Å². The molecule has 0 bridgehead atoms. The van der Waals surface area contributed by atoms with Gasteiger partial charge in [-0.25, -0.2) is 9.97 Å². The van der Waals surface area contributed by atoms with Gasteiger partial charge in [0.25, 0.3) is 0 Å². The predicted molar refractivity (Wildman–Crippen MR) is 82.0 cm³/mol. The summed E-state index contributed by atoms with van der Waals surface area (Å²) < 4.78 is 12.7. The molecule has 2 aromatic rings. The van der Waals surface area contributed by atoms with Crippen LogP contribution in [0.5, 0.6) is 5.88 Å². The maximum atomic E-state index is 5.67. The van der Waals surface area contributed by atoms with E-state index in [1.165, 1.54) is 11.9 Å². The Morgan fingerprint density at radius 2 is 2.18 bits per heavy atom. The molecule has 0 N–H and O–H groups in total. The number of methoxy groups -OCH3 is 2. The second-order valence-electron chi connectivity index (χ2n) is 5.47. The Morgan fingerprint density at radius 1 is 1.32 bits per heavy atom. The van der Waals surface area contributed by atoms with Crippen molar-refractivity contribution in [3.8, 4) is 5.88 Å². The highest BCUT2D eigenvalue weighted by molar-refractivity contribution is 5.44. The van der Waals surface area contributed by atoms with Gasteiger partial charge in [0.1, 0.15) is 12.1 Å². The van der Waals surface area contributed by atoms with Gasteiger partial charge in [0, 0.05) is 33.0 Å². The van der Waals surface area contributed by atoms with Crippen LogP contribution in [-0.2, 0) is 18.2 Å². The largest absolute Gasteiger partial charge is 0.481 e. The SMILES string of the molecule is COc1cc(N2CC[C@@H](OC)[C@H]2Cc2cnn(C)c2)ncn1. The molecule has 0 spiro atoms. The first-order chi connectivity index (χ1) is 10.7. The van der Waals surface area contributed by atoms with Gasteiger partial charge in [0.2, 0.25) is 5.88 Å². The van der Waals surface area contributed by atoms with Crippen LogP contribution in [0.2, 0.25) is 0 Å². The monoisotopic (exact) mass is 303 g/mol. The molecule has 22 heavy (non-hydrogen) atoms. The molecule has 1 saturated heterocycles. The van der Waals surface area contributed by atoms with Gasteiger partial charge < -0.3 is 14.4 Å². The molecule has 0 saturated carbocycles. The minimum atomic E-state index is 0.182. The third-order valence-electron chi connectivity index (χ3n) is 4.12. The Hall–Kier alpha value is -2.15. The summed E-state index contributed by atoms with van der Waals surface area (Å²) in [5.74, 6) is 1.45. The van der Waals surface area contributed by atoms with Gasteiger partial charge in [-0.15, -0.1) is 0 Å². The van der Waals surface area contributed by atoms with Crippen LogP contribution in [0.3, 0.4) is 0 Å². The molecule has 1 aliphatic rings. The Morgan fingerprint density at radius 3 is 2.86 bits per heavy atom. The average molecular weight is 303 g/mol. The highest BCUT2D eigenvalue weighted by Gasteiger charge is 2.35. The van der Waals surface area contributed by atoms with Crippen molar-refractivity contribution < 1.29 is 9.47 Å². The minimum Gasteiger partial charge on any atom is -0.481 e. The van der Waals surface area contributed by atoms with Crippen molar-refractivity contribution >= 4 is 5.82 Å². The Balaban J connectivity index is 1.84. The molecule has 0 aromatic carbocycles. The Kier molecular flexibility index (Phi) is 4.24. The van der Waals surface area contributed by atoms with E-state index in [1.807, 2.05) is 30.2 Å². The average Bonchev–Trinajstić information content (AvgIpc) is 3.14. The van der Waals surface area contributed by atoms with Gasteiger partial charge >= 0.3 is 0 Å². The smallest absolute Gasteiger partial charge is 0.218 e. The zero-order chi connectivity index (χ0) is 15.5. The zero-order valence-electron chi connectivity index (χ0n) is 13.1. The molecular formula is C15H21N5O2. The van der Waals surface area contributed by atoms with Gasteiger partial charge in [-0.3, -0.25) is 4.68 Å². The molecule has 3 rings (SSSR count). The molecule has 7 nitrogen and oxygen atoms in total. The van der Waals surface area contributed by atoms with Gasteiger partial charge in [-0.05, 0) is 18.4 Å². The van der Waals surface area contributed by atoms with Crippen LogP contribution >= 0.6 is 0 Å². The first-order valence-corrected chi connectivity index (χ1v) is 7.34. The molecule has 1 fully saturated rings. The number of aromatic nitrogens is 4. The summed E-state index contributed by atoms with van der Waals surface area (Å²) in [6, 6.07) is 2.10. The molecule has 0 aliphatic carbocycles. The summed E-state index contributed by atoms with van der Waals surface area (Å²) in [5.41, 5.74) is 1.20. The van der Waals surface area contributed by atoms with Crippen molar-refractivity contribution in [2.24, 2.45) is 7.05 Å². The van der Waals surface area contributed by atoms with E-state index in [0.717, 1.165) is 25.2 Å². The van der Waals surface area contributed by atoms with E-state index in [-0.39, 0.29) is 12.1 Å². The standard InChI is InChI=1S/C15H21N5O2/c1-19-9-11(8-18-19)6-12-13(21-2)4-5-20(12)14-7-15(22-3)17-10-16-14/h7-10,12-13H,4-6H2,1-3H3/t12-,13-/m1/s1. The molecule has 2 atom stereocenters. The second kappa shape index (κ2) is 6.31. The van der Waals surface area contributed by atoms with Gasteiger partial charge in [0.15, 0.2) is 0 Å². The van der Waals surface area contributed by atoms with Gasteiger partial charge in [0.05, 0.1) is 25.5 Å². The van der Waals surface area contributed by atoms with E-state index < -0.39 is 0 Å². The predicted octanol–water partition coefficient (Wildman–Crippen LogP) is 1.06. The van der Waals surface area contributed by atoms with Crippen molar-refractivity contribution in [2.75, 3.05) is 25.7 Å². The molecule has 118 valence electrons. The maximum Gasteiger partial charge on any atom is 0.218 e. The van der Waals surface area contributed by atoms with Crippen molar-refractivity contribution in [1.29, 1.82) is 0 Å². The fourth-order valence-electron chi connectivity index (χ4n) is 3.04.